The average molecular weight is 506 g/mol. The largest absolute Gasteiger partial charge is 0.354 e. The van der Waals surface area contributed by atoms with Gasteiger partial charge in [0, 0.05) is 13.1 Å². The van der Waals surface area contributed by atoms with Crippen molar-refractivity contribution < 1.29 is 22.4 Å². The van der Waals surface area contributed by atoms with Gasteiger partial charge in [-0.25, -0.2) is 12.8 Å². The minimum absolute atomic E-state index is 0.0389. The van der Waals surface area contributed by atoms with Crippen molar-refractivity contribution in [2.24, 2.45) is 5.92 Å². The third-order valence-corrected chi connectivity index (χ3v) is 6.65. The van der Waals surface area contributed by atoms with E-state index in [1.165, 1.54) is 17.0 Å². The van der Waals surface area contributed by atoms with Crippen molar-refractivity contribution in [2.45, 2.75) is 53.6 Å². The molecular weight excluding hydrogens is 469 g/mol. The molecule has 0 aliphatic heterocycles. The first kappa shape index (κ1) is 28.3. The van der Waals surface area contributed by atoms with Crippen LogP contribution in [0.1, 0.15) is 43.9 Å². The van der Waals surface area contributed by atoms with Crippen molar-refractivity contribution in [1.82, 2.24) is 10.2 Å². The van der Waals surface area contributed by atoms with Gasteiger partial charge in [0.25, 0.3) is 0 Å². The van der Waals surface area contributed by atoms with E-state index in [0.29, 0.717) is 24.2 Å². The summed E-state index contributed by atoms with van der Waals surface area (Å²) in [5.74, 6) is -1.02. The predicted molar refractivity (Wildman–Crippen MR) is 137 cm³/mol. The van der Waals surface area contributed by atoms with E-state index in [4.69, 9.17) is 0 Å². The molecule has 7 nitrogen and oxygen atoms in total. The fourth-order valence-electron chi connectivity index (χ4n) is 3.84. The summed E-state index contributed by atoms with van der Waals surface area (Å²) < 4.78 is 39.9. The summed E-state index contributed by atoms with van der Waals surface area (Å²) in [4.78, 5) is 28.0. The summed E-state index contributed by atoms with van der Waals surface area (Å²) in [6.07, 6.45) is 1.38. The topological polar surface area (TPSA) is 86.8 Å². The van der Waals surface area contributed by atoms with Gasteiger partial charge in [-0.15, -0.1) is 0 Å². The lowest BCUT2D eigenvalue weighted by Crippen LogP contribution is -2.52. The number of nitrogens with one attached hydrogen (secondary N) is 1. The number of anilines is 1. The molecule has 0 bridgehead atoms. The van der Waals surface area contributed by atoms with Crippen LogP contribution in [0.4, 0.5) is 10.1 Å². The number of carbonyl (C=O) groups is 2. The quantitative estimate of drug-likeness (QED) is 0.504. The monoisotopic (exact) mass is 505 g/mol. The number of aryl methyl sites for hydroxylation is 2. The SMILES string of the molecule is CCC(C(=O)NCC(C)C)N(Cc1ccc(F)cc1)C(=O)CN(c1cc(C)cc(C)c1)S(C)(=O)=O. The van der Waals surface area contributed by atoms with Crippen LogP contribution in [0.25, 0.3) is 0 Å². The highest BCUT2D eigenvalue weighted by molar-refractivity contribution is 7.92. The first-order valence-electron chi connectivity index (χ1n) is 11.7. The molecule has 9 heteroatoms. The van der Waals surface area contributed by atoms with E-state index in [1.54, 1.807) is 31.2 Å². The van der Waals surface area contributed by atoms with E-state index in [2.05, 4.69) is 5.32 Å². The molecule has 1 N–H and O–H groups in total. The Morgan fingerprint density at radius 3 is 2.09 bits per heavy atom. The predicted octanol–water partition coefficient (Wildman–Crippen LogP) is 3.79. The zero-order valence-electron chi connectivity index (χ0n) is 21.3. The summed E-state index contributed by atoms with van der Waals surface area (Å²) >= 11 is 0. The van der Waals surface area contributed by atoms with E-state index >= 15 is 0 Å². The average Bonchev–Trinajstić information content (AvgIpc) is 2.75. The van der Waals surface area contributed by atoms with E-state index in [9.17, 15) is 22.4 Å². The molecule has 2 rings (SSSR count). The number of rotatable bonds is 11. The van der Waals surface area contributed by atoms with Gasteiger partial charge < -0.3 is 10.2 Å². The van der Waals surface area contributed by atoms with Crippen LogP contribution in [0.2, 0.25) is 0 Å². The Morgan fingerprint density at radius 2 is 1.60 bits per heavy atom. The minimum atomic E-state index is -3.80. The van der Waals surface area contributed by atoms with Crippen LogP contribution in [-0.4, -0.2) is 50.5 Å². The van der Waals surface area contributed by atoms with Crippen LogP contribution in [0.5, 0.6) is 0 Å². The molecule has 0 aliphatic rings. The standard InChI is InChI=1S/C26H36FN3O4S/c1-7-24(26(32)28-15-18(2)3)29(16-21-8-10-22(27)11-9-21)25(31)17-30(35(6,33)34)23-13-19(4)12-20(5)14-23/h8-14,18,24H,7,15-17H2,1-6H3,(H,28,32). The number of sulfonamides is 1. The van der Waals surface area contributed by atoms with Gasteiger partial charge in [-0.3, -0.25) is 13.9 Å². The second-order valence-corrected chi connectivity index (χ2v) is 11.2. The second-order valence-electron chi connectivity index (χ2n) is 9.33. The molecule has 0 aromatic heterocycles. The molecular formula is C26H36FN3O4S. The van der Waals surface area contributed by atoms with Crippen molar-refractivity contribution in [3.8, 4) is 0 Å². The smallest absolute Gasteiger partial charge is 0.244 e. The van der Waals surface area contributed by atoms with Crippen molar-refractivity contribution in [3.63, 3.8) is 0 Å². The van der Waals surface area contributed by atoms with E-state index in [1.807, 2.05) is 33.8 Å². The maximum absolute atomic E-state index is 13.6. The summed E-state index contributed by atoms with van der Waals surface area (Å²) in [7, 11) is -3.80. The molecule has 1 atom stereocenters. The third-order valence-electron chi connectivity index (χ3n) is 5.51. The van der Waals surface area contributed by atoms with E-state index < -0.39 is 34.3 Å². The van der Waals surface area contributed by atoms with Gasteiger partial charge in [-0.05, 0) is 67.1 Å². The first-order chi connectivity index (χ1) is 16.3. The molecule has 192 valence electrons. The van der Waals surface area contributed by atoms with Gasteiger partial charge in [-0.1, -0.05) is 39.0 Å². The minimum Gasteiger partial charge on any atom is -0.354 e. The Kier molecular flexibility index (Phi) is 9.82. The molecule has 35 heavy (non-hydrogen) atoms. The molecule has 0 saturated heterocycles. The third kappa shape index (κ3) is 8.35. The number of benzene rings is 2. The van der Waals surface area contributed by atoms with Gasteiger partial charge >= 0.3 is 0 Å². The second kappa shape index (κ2) is 12.2. The first-order valence-corrected chi connectivity index (χ1v) is 13.5. The maximum Gasteiger partial charge on any atom is 0.244 e. The number of halogens is 1. The van der Waals surface area contributed by atoms with Crippen LogP contribution in [0, 0.1) is 25.6 Å². The molecule has 0 aliphatic carbocycles. The lowest BCUT2D eigenvalue weighted by molar-refractivity contribution is -0.140. The number of nitrogens with zero attached hydrogens (tertiary/aromatic N) is 2. The Morgan fingerprint density at radius 1 is 1.03 bits per heavy atom. The van der Waals surface area contributed by atoms with Gasteiger partial charge in [-0.2, -0.15) is 0 Å². The molecule has 0 fully saturated rings. The van der Waals surface area contributed by atoms with Gasteiger partial charge in [0.05, 0.1) is 11.9 Å². The maximum atomic E-state index is 13.6. The number of hydrogen-bond donors (Lipinski definition) is 1. The van der Waals surface area contributed by atoms with Crippen LogP contribution in [0.3, 0.4) is 0 Å². The highest BCUT2D eigenvalue weighted by Gasteiger charge is 2.31. The summed E-state index contributed by atoms with van der Waals surface area (Å²) in [6.45, 7) is 9.47. The lowest BCUT2D eigenvalue weighted by Gasteiger charge is -2.33. The van der Waals surface area contributed by atoms with Crippen LogP contribution in [-0.2, 0) is 26.2 Å². The number of amides is 2. The van der Waals surface area contributed by atoms with Gasteiger partial charge in [0.15, 0.2) is 0 Å². The summed E-state index contributed by atoms with van der Waals surface area (Å²) in [5.41, 5.74) is 2.75. The number of carbonyl (C=O) groups excluding carboxylic acids is 2. The van der Waals surface area contributed by atoms with Gasteiger partial charge in [0.1, 0.15) is 18.4 Å². The number of hydrogen-bond acceptors (Lipinski definition) is 4. The Hall–Kier alpha value is -2.94. The van der Waals surface area contributed by atoms with Crippen LogP contribution < -0.4 is 9.62 Å². The summed E-state index contributed by atoms with van der Waals surface area (Å²) in [5, 5.41) is 2.87. The molecule has 1 unspecified atom stereocenters. The van der Waals surface area contributed by atoms with Gasteiger partial charge in [0.2, 0.25) is 21.8 Å². The van der Waals surface area contributed by atoms with E-state index in [-0.39, 0.29) is 18.4 Å². The van der Waals surface area contributed by atoms with Crippen molar-refractivity contribution in [1.29, 1.82) is 0 Å². The molecule has 0 heterocycles. The normalized spacial score (nSPS) is 12.3. The van der Waals surface area contributed by atoms with Crippen molar-refractivity contribution >= 4 is 27.5 Å². The van der Waals surface area contributed by atoms with Crippen molar-refractivity contribution in [3.05, 3.63) is 65.0 Å². The Balaban J connectivity index is 2.44. The Bertz CT molecular complexity index is 1110. The molecule has 0 saturated carbocycles. The lowest BCUT2D eigenvalue weighted by atomic mass is 10.1. The Labute approximate surface area is 208 Å². The molecule has 2 aromatic rings. The van der Waals surface area contributed by atoms with Crippen LogP contribution >= 0.6 is 0 Å². The highest BCUT2D eigenvalue weighted by atomic mass is 32.2. The fraction of sp³-hybridized carbons (Fsp3) is 0.462. The van der Waals surface area contributed by atoms with E-state index in [0.717, 1.165) is 21.7 Å². The molecule has 2 aromatic carbocycles. The molecule has 0 radical (unpaired) electrons. The molecule has 0 spiro atoms. The fourth-order valence-corrected chi connectivity index (χ4v) is 4.67. The zero-order chi connectivity index (χ0) is 26.3. The summed E-state index contributed by atoms with van der Waals surface area (Å²) in [6, 6.07) is 10.2. The molecule has 2 amide bonds. The highest BCUT2D eigenvalue weighted by Crippen LogP contribution is 2.22. The van der Waals surface area contributed by atoms with Crippen molar-refractivity contribution in [2.75, 3.05) is 23.7 Å². The zero-order valence-corrected chi connectivity index (χ0v) is 22.2. The van der Waals surface area contributed by atoms with Crippen LogP contribution in [0.15, 0.2) is 42.5 Å².